The van der Waals surface area contributed by atoms with Crippen molar-refractivity contribution in [1.29, 1.82) is 0 Å². The molecule has 1 heterocycles. The van der Waals surface area contributed by atoms with Crippen LogP contribution in [0.4, 0.5) is 0 Å². The number of oxime groups is 1. The Kier molecular flexibility index (Phi) is 3.10. The van der Waals surface area contributed by atoms with Gasteiger partial charge < -0.3 is 4.84 Å². The molecular formula is C12H11NO2S. The van der Waals surface area contributed by atoms with Crippen molar-refractivity contribution >= 4 is 29.5 Å². The highest BCUT2D eigenvalue weighted by Crippen LogP contribution is 2.18. The Hall–Kier alpha value is -1.55. The molecule has 82 valence electrons. The summed E-state index contributed by atoms with van der Waals surface area (Å²) in [6, 6.07) is 7.98. The van der Waals surface area contributed by atoms with Gasteiger partial charge in [0.15, 0.2) is 0 Å². The fourth-order valence-corrected chi connectivity index (χ4v) is 1.79. The molecule has 0 radical (unpaired) electrons. The fraction of sp³-hybridized carbons (Fsp3) is 0.167. The molecule has 0 saturated carbocycles. The van der Waals surface area contributed by atoms with Gasteiger partial charge in [0.05, 0.1) is 11.3 Å². The molecule has 1 aromatic carbocycles. The third kappa shape index (κ3) is 2.17. The van der Waals surface area contributed by atoms with Crippen LogP contribution in [0.2, 0.25) is 0 Å². The normalized spacial score (nSPS) is 17.5. The first-order chi connectivity index (χ1) is 7.70. The average molecular weight is 233 g/mol. The number of hydrogen-bond donors (Lipinski definition) is 0. The molecule has 0 spiro atoms. The molecule has 0 atom stereocenters. The molecule has 2 rings (SSSR count). The van der Waals surface area contributed by atoms with E-state index in [-0.39, 0.29) is 5.97 Å². The summed E-state index contributed by atoms with van der Waals surface area (Å²) in [6.45, 7) is 1.76. The highest BCUT2D eigenvalue weighted by atomic mass is 32.2. The quantitative estimate of drug-likeness (QED) is 0.448. The molecule has 0 unspecified atom stereocenters. The molecule has 16 heavy (non-hydrogen) atoms. The van der Waals surface area contributed by atoms with E-state index in [0.29, 0.717) is 11.3 Å². The number of rotatable bonds is 2. The predicted octanol–water partition coefficient (Wildman–Crippen LogP) is 2.72. The Balaban J connectivity index is 2.28. The van der Waals surface area contributed by atoms with Crippen molar-refractivity contribution in [2.45, 2.75) is 11.8 Å². The Morgan fingerprint density at radius 2 is 2.00 bits per heavy atom. The van der Waals surface area contributed by atoms with Crippen LogP contribution in [0.25, 0.3) is 6.08 Å². The smallest absolute Gasteiger partial charge is 0.312 e. The molecule has 4 heteroatoms. The number of nitrogens with zero attached hydrogens (tertiary/aromatic N) is 1. The van der Waals surface area contributed by atoms with Crippen molar-refractivity contribution in [2.24, 2.45) is 5.16 Å². The minimum absolute atomic E-state index is 0.383. The second-order valence-corrected chi connectivity index (χ2v) is 4.27. The lowest BCUT2D eigenvalue weighted by atomic mass is 10.1. The second-order valence-electron chi connectivity index (χ2n) is 3.39. The lowest BCUT2D eigenvalue weighted by Gasteiger charge is -1.98. The zero-order valence-corrected chi connectivity index (χ0v) is 9.88. The molecule has 0 aromatic heterocycles. The summed E-state index contributed by atoms with van der Waals surface area (Å²) in [7, 11) is 0. The highest BCUT2D eigenvalue weighted by molar-refractivity contribution is 7.98. The molecule has 0 N–H and O–H groups in total. The van der Waals surface area contributed by atoms with Gasteiger partial charge in [-0.3, -0.25) is 0 Å². The molecule has 0 fully saturated rings. The first-order valence-electron chi connectivity index (χ1n) is 4.83. The van der Waals surface area contributed by atoms with E-state index in [1.54, 1.807) is 24.8 Å². The van der Waals surface area contributed by atoms with Crippen LogP contribution < -0.4 is 0 Å². The molecule has 1 aromatic rings. The van der Waals surface area contributed by atoms with Crippen LogP contribution in [0, 0.1) is 0 Å². The minimum Gasteiger partial charge on any atom is -0.312 e. The van der Waals surface area contributed by atoms with Crippen LogP contribution in [0.1, 0.15) is 12.5 Å². The maximum absolute atomic E-state index is 11.3. The molecule has 0 amide bonds. The molecule has 0 saturated heterocycles. The van der Waals surface area contributed by atoms with Crippen LogP contribution in [0.5, 0.6) is 0 Å². The number of carbonyl (C=O) groups excluding carboxylic acids is 1. The van der Waals surface area contributed by atoms with Crippen LogP contribution in [0.15, 0.2) is 39.9 Å². The van der Waals surface area contributed by atoms with Crippen molar-refractivity contribution in [3.05, 3.63) is 35.4 Å². The first-order valence-corrected chi connectivity index (χ1v) is 6.05. The van der Waals surface area contributed by atoms with Gasteiger partial charge in [0.1, 0.15) is 0 Å². The zero-order chi connectivity index (χ0) is 11.5. The molecule has 1 aliphatic rings. The van der Waals surface area contributed by atoms with E-state index in [9.17, 15) is 4.79 Å². The van der Waals surface area contributed by atoms with Crippen molar-refractivity contribution in [1.82, 2.24) is 0 Å². The van der Waals surface area contributed by atoms with Gasteiger partial charge in [-0.15, -0.1) is 11.8 Å². The SMILES string of the molecule is CSc1ccc(/C=C2/C(=O)ON=C2C)cc1. The van der Waals surface area contributed by atoms with Gasteiger partial charge in [-0.2, -0.15) is 0 Å². The van der Waals surface area contributed by atoms with Crippen molar-refractivity contribution in [3.8, 4) is 0 Å². The fourth-order valence-electron chi connectivity index (χ4n) is 1.39. The van der Waals surface area contributed by atoms with Gasteiger partial charge in [-0.25, -0.2) is 4.79 Å². The van der Waals surface area contributed by atoms with Gasteiger partial charge in [0, 0.05) is 4.90 Å². The van der Waals surface area contributed by atoms with E-state index in [4.69, 9.17) is 0 Å². The largest absolute Gasteiger partial charge is 0.367 e. The summed E-state index contributed by atoms with van der Waals surface area (Å²) in [6.07, 6.45) is 3.82. The minimum atomic E-state index is -0.383. The third-order valence-corrected chi connectivity index (χ3v) is 3.05. The molecule has 3 nitrogen and oxygen atoms in total. The van der Waals surface area contributed by atoms with Crippen molar-refractivity contribution in [2.75, 3.05) is 6.26 Å². The molecule has 1 aliphatic heterocycles. The van der Waals surface area contributed by atoms with Gasteiger partial charge in [0.25, 0.3) is 0 Å². The van der Waals surface area contributed by atoms with Crippen molar-refractivity contribution < 1.29 is 9.63 Å². The summed E-state index contributed by atoms with van der Waals surface area (Å²) in [5.41, 5.74) is 2.12. The molecular weight excluding hydrogens is 222 g/mol. The van der Waals surface area contributed by atoms with E-state index in [1.165, 1.54) is 4.90 Å². The number of carbonyl (C=O) groups is 1. The Bertz CT molecular complexity index is 474. The monoisotopic (exact) mass is 233 g/mol. The molecule has 0 bridgehead atoms. The van der Waals surface area contributed by atoms with Gasteiger partial charge in [-0.1, -0.05) is 17.3 Å². The third-order valence-electron chi connectivity index (χ3n) is 2.30. The predicted molar refractivity (Wildman–Crippen MR) is 65.4 cm³/mol. The topological polar surface area (TPSA) is 38.7 Å². The Morgan fingerprint density at radius 1 is 1.31 bits per heavy atom. The van der Waals surface area contributed by atoms with Gasteiger partial charge in [-0.05, 0) is 37.0 Å². The van der Waals surface area contributed by atoms with Crippen LogP contribution >= 0.6 is 11.8 Å². The summed E-state index contributed by atoms with van der Waals surface area (Å²) in [4.78, 5) is 17.1. The maximum atomic E-state index is 11.3. The summed E-state index contributed by atoms with van der Waals surface area (Å²) >= 11 is 1.69. The maximum Gasteiger partial charge on any atom is 0.367 e. The van der Waals surface area contributed by atoms with Crippen LogP contribution in [0.3, 0.4) is 0 Å². The zero-order valence-electron chi connectivity index (χ0n) is 9.06. The van der Waals surface area contributed by atoms with E-state index < -0.39 is 0 Å². The van der Waals surface area contributed by atoms with Crippen LogP contribution in [-0.4, -0.2) is 17.9 Å². The summed E-state index contributed by atoms with van der Waals surface area (Å²) < 4.78 is 0. The van der Waals surface area contributed by atoms with E-state index in [1.807, 2.05) is 30.5 Å². The lowest BCUT2D eigenvalue weighted by Crippen LogP contribution is -2.01. The van der Waals surface area contributed by atoms with Gasteiger partial charge in [0.2, 0.25) is 0 Å². The summed E-state index contributed by atoms with van der Waals surface area (Å²) in [5, 5.41) is 3.62. The summed E-state index contributed by atoms with van der Waals surface area (Å²) in [5.74, 6) is -0.383. The molecule has 0 aliphatic carbocycles. The van der Waals surface area contributed by atoms with E-state index in [2.05, 4.69) is 9.99 Å². The van der Waals surface area contributed by atoms with Crippen molar-refractivity contribution in [3.63, 3.8) is 0 Å². The Morgan fingerprint density at radius 3 is 2.50 bits per heavy atom. The van der Waals surface area contributed by atoms with E-state index in [0.717, 1.165) is 5.56 Å². The first kappa shape index (κ1) is 11.0. The number of benzene rings is 1. The van der Waals surface area contributed by atoms with E-state index >= 15 is 0 Å². The second kappa shape index (κ2) is 4.53. The average Bonchev–Trinajstić information content (AvgIpc) is 2.62. The Labute approximate surface area is 98.2 Å². The van der Waals surface area contributed by atoms with Gasteiger partial charge >= 0.3 is 5.97 Å². The lowest BCUT2D eigenvalue weighted by molar-refractivity contribution is -0.136. The number of thioether (sulfide) groups is 1. The number of hydrogen-bond acceptors (Lipinski definition) is 4. The highest BCUT2D eigenvalue weighted by Gasteiger charge is 2.21. The van der Waals surface area contributed by atoms with Crippen LogP contribution in [-0.2, 0) is 9.63 Å². The standard InChI is InChI=1S/C12H11NO2S/c1-8-11(12(14)15-13-8)7-9-3-5-10(16-2)6-4-9/h3-7H,1-2H3/b11-7+.